The second kappa shape index (κ2) is 9.40. The third-order valence-corrected chi connectivity index (χ3v) is 6.07. The molecule has 0 fully saturated rings. The van der Waals surface area contributed by atoms with E-state index in [0.717, 1.165) is 38.9 Å². The number of aromatic amines is 1. The van der Waals surface area contributed by atoms with Crippen LogP contribution in [0.1, 0.15) is 46.8 Å². The van der Waals surface area contributed by atoms with E-state index in [-0.39, 0.29) is 18.5 Å². The minimum Gasteiger partial charge on any atom is -0.496 e. The summed E-state index contributed by atoms with van der Waals surface area (Å²) in [5.41, 5.74) is 5.87. The average Bonchev–Trinajstić information content (AvgIpc) is 3.43. The van der Waals surface area contributed by atoms with Gasteiger partial charge >= 0.3 is 5.97 Å². The summed E-state index contributed by atoms with van der Waals surface area (Å²) in [6, 6.07) is 7.76. The van der Waals surface area contributed by atoms with Crippen molar-refractivity contribution < 1.29 is 23.8 Å². The minimum atomic E-state index is -0.371. The molecule has 7 heteroatoms. The number of carbonyl (C=O) groups excluding carboxylic acids is 2. The number of esters is 1. The van der Waals surface area contributed by atoms with Gasteiger partial charge in [0.15, 0.2) is 0 Å². The molecule has 2 heterocycles. The Hall–Kier alpha value is -3.74. The molecule has 1 aliphatic heterocycles. The molecule has 0 spiro atoms. The lowest BCUT2D eigenvalue weighted by atomic mass is 9.94. The van der Waals surface area contributed by atoms with Gasteiger partial charge in [0.05, 0.1) is 14.2 Å². The molecule has 7 nitrogen and oxygen atoms in total. The topological polar surface area (TPSA) is 89.7 Å². The summed E-state index contributed by atoms with van der Waals surface area (Å²) in [4.78, 5) is 27.8. The fourth-order valence-corrected chi connectivity index (χ4v) is 4.28. The Balaban J connectivity index is 1.44. The van der Waals surface area contributed by atoms with Crippen LogP contribution < -0.4 is 14.8 Å². The zero-order valence-electron chi connectivity index (χ0n) is 19.3. The summed E-state index contributed by atoms with van der Waals surface area (Å²) >= 11 is 0. The van der Waals surface area contributed by atoms with Gasteiger partial charge in [-0.05, 0) is 56.5 Å². The molecule has 0 bridgehead atoms. The minimum absolute atomic E-state index is 0.0380. The van der Waals surface area contributed by atoms with Gasteiger partial charge < -0.3 is 24.5 Å². The third-order valence-electron chi connectivity index (χ3n) is 6.07. The number of benzene rings is 2. The molecule has 0 aliphatic carbocycles. The second-order valence-corrected chi connectivity index (χ2v) is 8.18. The van der Waals surface area contributed by atoms with Crippen molar-refractivity contribution in [3.05, 3.63) is 64.4 Å². The van der Waals surface area contributed by atoms with Crippen LogP contribution >= 0.6 is 0 Å². The van der Waals surface area contributed by atoms with Gasteiger partial charge in [0.25, 0.3) is 0 Å². The Morgan fingerprint density at radius 1 is 1.18 bits per heavy atom. The van der Waals surface area contributed by atoms with Gasteiger partial charge in [-0.25, -0.2) is 4.79 Å². The molecule has 4 rings (SSSR count). The Morgan fingerprint density at radius 3 is 2.73 bits per heavy atom. The molecule has 0 unspecified atom stereocenters. The van der Waals surface area contributed by atoms with Crippen molar-refractivity contribution in [2.75, 3.05) is 19.5 Å². The van der Waals surface area contributed by atoms with Gasteiger partial charge in [0.2, 0.25) is 5.91 Å². The maximum atomic E-state index is 12.4. The number of hydrogen-bond acceptors (Lipinski definition) is 5. The van der Waals surface area contributed by atoms with E-state index in [9.17, 15) is 9.59 Å². The van der Waals surface area contributed by atoms with E-state index in [1.807, 2.05) is 50.4 Å². The van der Waals surface area contributed by atoms with Crippen LogP contribution in [0, 0.1) is 6.92 Å². The monoisotopic (exact) mass is 448 g/mol. The zero-order valence-corrected chi connectivity index (χ0v) is 19.3. The SMILES string of the molecule is COc1c(C)c2c(c(OC)c1CC=C(C)CCC(=O)Nc1ccc3[nH]ccc3c1)C(=O)OC2. The number of rotatable bonds is 8. The number of H-pyrrole nitrogens is 1. The molecule has 2 N–H and O–H groups in total. The zero-order chi connectivity index (χ0) is 23.5. The molecular weight excluding hydrogens is 420 g/mol. The molecular formula is C26H28N2O5. The highest BCUT2D eigenvalue weighted by atomic mass is 16.5. The van der Waals surface area contributed by atoms with Crippen LogP contribution in [0.4, 0.5) is 5.69 Å². The quantitative estimate of drug-likeness (QED) is 0.371. The molecule has 1 aliphatic rings. The van der Waals surface area contributed by atoms with Crippen LogP contribution in [0.2, 0.25) is 0 Å². The number of aromatic nitrogens is 1. The highest BCUT2D eigenvalue weighted by molar-refractivity contribution is 5.98. The van der Waals surface area contributed by atoms with Crippen molar-refractivity contribution in [3.63, 3.8) is 0 Å². The number of anilines is 1. The molecule has 172 valence electrons. The van der Waals surface area contributed by atoms with E-state index in [4.69, 9.17) is 14.2 Å². The van der Waals surface area contributed by atoms with Crippen LogP contribution in [-0.2, 0) is 22.6 Å². The number of carbonyl (C=O) groups is 2. The first-order valence-electron chi connectivity index (χ1n) is 10.9. The van der Waals surface area contributed by atoms with Gasteiger partial charge in [-0.2, -0.15) is 0 Å². The maximum Gasteiger partial charge on any atom is 0.342 e. The van der Waals surface area contributed by atoms with Crippen molar-refractivity contribution in [1.29, 1.82) is 0 Å². The summed E-state index contributed by atoms with van der Waals surface area (Å²) in [6.45, 7) is 4.15. The number of cyclic esters (lactones) is 1. The third kappa shape index (κ3) is 4.44. The number of allylic oxidation sites excluding steroid dienone is 2. The molecule has 0 saturated carbocycles. The first kappa shape index (κ1) is 22.5. The highest BCUT2D eigenvalue weighted by Crippen LogP contribution is 2.42. The Kier molecular flexibility index (Phi) is 6.40. The fourth-order valence-electron chi connectivity index (χ4n) is 4.28. The highest BCUT2D eigenvalue weighted by Gasteiger charge is 2.32. The van der Waals surface area contributed by atoms with Gasteiger partial charge in [0, 0.05) is 40.3 Å². The van der Waals surface area contributed by atoms with E-state index in [0.29, 0.717) is 36.3 Å². The number of hydrogen-bond donors (Lipinski definition) is 2. The van der Waals surface area contributed by atoms with Crippen LogP contribution in [0.15, 0.2) is 42.1 Å². The lowest BCUT2D eigenvalue weighted by molar-refractivity contribution is -0.116. The van der Waals surface area contributed by atoms with Gasteiger partial charge in [-0.15, -0.1) is 0 Å². The molecule has 0 saturated heterocycles. The molecule has 2 aromatic carbocycles. The summed E-state index contributed by atoms with van der Waals surface area (Å²) in [6.07, 6.45) is 5.43. The smallest absolute Gasteiger partial charge is 0.342 e. The standard InChI is InChI=1S/C26H28N2O5/c1-15(6-10-22(29)28-18-7-9-21-17(13-18)11-12-27-21)5-8-19-24(31-3)16(2)20-14-33-26(30)23(20)25(19)32-4/h5,7,9,11-13,27H,6,8,10,14H2,1-4H3,(H,28,29). The van der Waals surface area contributed by atoms with Crippen LogP contribution in [0.25, 0.3) is 10.9 Å². The van der Waals surface area contributed by atoms with E-state index in [2.05, 4.69) is 10.3 Å². The van der Waals surface area contributed by atoms with E-state index >= 15 is 0 Å². The van der Waals surface area contributed by atoms with E-state index in [1.54, 1.807) is 14.2 Å². The Labute approximate surface area is 192 Å². The largest absolute Gasteiger partial charge is 0.496 e. The summed E-state index contributed by atoms with van der Waals surface area (Å²) in [5, 5.41) is 4.01. The molecule has 1 amide bonds. The number of amides is 1. The van der Waals surface area contributed by atoms with Gasteiger partial charge in [-0.3, -0.25) is 4.79 Å². The molecule has 1 aromatic heterocycles. The van der Waals surface area contributed by atoms with Crippen molar-refractivity contribution in [1.82, 2.24) is 4.98 Å². The van der Waals surface area contributed by atoms with Crippen molar-refractivity contribution in [2.24, 2.45) is 0 Å². The number of methoxy groups -OCH3 is 2. The van der Waals surface area contributed by atoms with Crippen molar-refractivity contribution >= 4 is 28.5 Å². The maximum absolute atomic E-state index is 12.4. The van der Waals surface area contributed by atoms with Crippen molar-refractivity contribution in [3.8, 4) is 11.5 Å². The molecule has 3 aromatic rings. The molecule has 0 radical (unpaired) electrons. The summed E-state index contributed by atoms with van der Waals surface area (Å²) < 4.78 is 16.5. The Bertz CT molecular complexity index is 1260. The number of nitrogens with one attached hydrogen (secondary N) is 2. The predicted molar refractivity (Wildman–Crippen MR) is 127 cm³/mol. The number of ether oxygens (including phenoxy) is 3. The Morgan fingerprint density at radius 2 is 1.97 bits per heavy atom. The van der Waals surface area contributed by atoms with E-state index in [1.165, 1.54) is 0 Å². The summed E-state index contributed by atoms with van der Waals surface area (Å²) in [5.74, 6) is 0.788. The van der Waals surface area contributed by atoms with Crippen LogP contribution in [-0.4, -0.2) is 31.1 Å². The van der Waals surface area contributed by atoms with E-state index < -0.39 is 0 Å². The van der Waals surface area contributed by atoms with Gasteiger partial charge in [0.1, 0.15) is 23.7 Å². The van der Waals surface area contributed by atoms with Gasteiger partial charge in [-0.1, -0.05) is 11.6 Å². The first-order chi connectivity index (χ1) is 15.9. The van der Waals surface area contributed by atoms with Crippen LogP contribution in [0.3, 0.4) is 0 Å². The average molecular weight is 449 g/mol. The van der Waals surface area contributed by atoms with Crippen LogP contribution in [0.5, 0.6) is 11.5 Å². The number of fused-ring (bicyclic) bond motifs is 2. The fraction of sp³-hybridized carbons (Fsp3) is 0.308. The predicted octanol–water partition coefficient (Wildman–Crippen LogP) is 5.07. The first-order valence-corrected chi connectivity index (χ1v) is 10.9. The lowest BCUT2D eigenvalue weighted by Gasteiger charge is -2.18. The van der Waals surface area contributed by atoms with Crippen molar-refractivity contribution in [2.45, 2.75) is 39.7 Å². The summed E-state index contributed by atoms with van der Waals surface area (Å²) in [7, 11) is 3.16. The second-order valence-electron chi connectivity index (χ2n) is 8.18. The molecule has 33 heavy (non-hydrogen) atoms. The normalized spacial score (nSPS) is 13.1. The lowest BCUT2D eigenvalue weighted by Crippen LogP contribution is -2.11. The molecule has 0 atom stereocenters.